The SMILES string of the molecule is CC(C)c1ccc2c(n1)=CC1C(C)C1C=2. The Kier molecular flexibility index (Phi) is 1.79. The predicted molar refractivity (Wildman–Crippen MR) is 62.7 cm³/mol. The van der Waals surface area contributed by atoms with E-state index in [2.05, 4.69) is 45.1 Å². The lowest BCUT2D eigenvalue weighted by molar-refractivity contribution is 0.811. The van der Waals surface area contributed by atoms with Crippen molar-refractivity contribution in [2.75, 3.05) is 0 Å². The van der Waals surface area contributed by atoms with Gasteiger partial charge < -0.3 is 0 Å². The third kappa shape index (κ3) is 1.33. The number of fused-ring (bicyclic) bond motifs is 2. The van der Waals surface area contributed by atoms with Crippen LogP contribution in [0.2, 0.25) is 0 Å². The fourth-order valence-corrected chi connectivity index (χ4v) is 2.54. The summed E-state index contributed by atoms with van der Waals surface area (Å²) in [7, 11) is 0. The fraction of sp³-hybridized carbons (Fsp3) is 0.500. The van der Waals surface area contributed by atoms with Gasteiger partial charge in [-0.15, -0.1) is 0 Å². The summed E-state index contributed by atoms with van der Waals surface area (Å²) in [4.78, 5) is 4.74. The molecule has 0 aromatic carbocycles. The topological polar surface area (TPSA) is 12.9 Å². The van der Waals surface area contributed by atoms with Crippen LogP contribution in [0, 0.1) is 17.8 Å². The summed E-state index contributed by atoms with van der Waals surface area (Å²) >= 11 is 0. The Morgan fingerprint density at radius 1 is 1.13 bits per heavy atom. The van der Waals surface area contributed by atoms with Gasteiger partial charge in [0.05, 0.1) is 5.35 Å². The number of pyridine rings is 1. The van der Waals surface area contributed by atoms with E-state index in [1.165, 1.54) is 16.3 Å². The summed E-state index contributed by atoms with van der Waals surface area (Å²) in [5, 5.41) is 2.55. The van der Waals surface area contributed by atoms with Crippen LogP contribution in [0.4, 0.5) is 0 Å². The van der Waals surface area contributed by atoms with Crippen LogP contribution in [-0.4, -0.2) is 4.98 Å². The van der Waals surface area contributed by atoms with E-state index < -0.39 is 0 Å². The molecule has 2 aliphatic carbocycles. The average Bonchev–Trinajstić information content (AvgIpc) is 2.85. The summed E-state index contributed by atoms with van der Waals surface area (Å²) in [6.07, 6.45) is 4.78. The van der Waals surface area contributed by atoms with E-state index in [9.17, 15) is 0 Å². The summed E-state index contributed by atoms with van der Waals surface area (Å²) in [5.74, 6) is 2.93. The van der Waals surface area contributed by atoms with Crippen molar-refractivity contribution in [1.82, 2.24) is 4.98 Å². The zero-order chi connectivity index (χ0) is 10.6. The van der Waals surface area contributed by atoms with E-state index in [4.69, 9.17) is 4.98 Å². The number of hydrogen-bond acceptors (Lipinski definition) is 1. The highest BCUT2D eigenvalue weighted by Gasteiger charge is 2.44. The number of rotatable bonds is 1. The molecule has 1 heteroatoms. The van der Waals surface area contributed by atoms with Gasteiger partial charge in [-0.2, -0.15) is 0 Å². The second-order valence-corrected chi connectivity index (χ2v) is 5.21. The van der Waals surface area contributed by atoms with Gasteiger partial charge in [0, 0.05) is 5.69 Å². The largest absolute Gasteiger partial charge is 0.253 e. The van der Waals surface area contributed by atoms with Gasteiger partial charge in [-0.1, -0.05) is 39.0 Å². The molecule has 0 saturated heterocycles. The quantitative estimate of drug-likeness (QED) is 0.670. The maximum absolute atomic E-state index is 4.74. The average molecular weight is 199 g/mol. The van der Waals surface area contributed by atoms with Crippen molar-refractivity contribution in [3.8, 4) is 0 Å². The molecule has 1 aromatic rings. The van der Waals surface area contributed by atoms with Gasteiger partial charge in [-0.3, -0.25) is 4.98 Å². The van der Waals surface area contributed by atoms with Crippen molar-refractivity contribution in [2.24, 2.45) is 17.8 Å². The molecule has 3 unspecified atom stereocenters. The molecule has 78 valence electrons. The van der Waals surface area contributed by atoms with E-state index >= 15 is 0 Å². The number of hydrogen-bond donors (Lipinski definition) is 0. The molecule has 15 heavy (non-hydrogen) atoms. The van der Waals surface area contributed by atoms with Crippen molar-refractivity contribution in [1.29, 1.82) is 0 Å². The maximum atomic E-state index is 4.74. The van der Waals surface area contributed by atoms with E-state index in [0.29, 0.717) is 5.92 Å². The Balaban J connectivity index is 2.16. The smallest absolute Gasteiger partial charge is 0.0665 e. The van der Waals surface area contributed by atoms with Crippen LogP contribution >= 0.6 is 0 Å². The van der Waals surface area contributed by atoms with Crippen LogP contribution in [0.1, 0.15) is 32.4 Å². The highest BCUT2D eigenvalue weighted by atomic mass is 14.7. The molecule has 0 aliphatic heterocycles. The fourth-order valence-electron chi connectivity index (χ4n) is 2.54. The van der Waals surface area contributed by atoms with Gasteiger partial charge in [0.2, 0.25) is 0 Å². The minimum Gasteiger partial charge on any atom is -0.253 e. The summed E-state index contributed by atoms with van der Waals surface area (Å²) in [5.41, 5.74) is 1.21. The van der Waals surface area contributed by atoms with E-state index in [-0.39, 0.29) is 0 Å². The Hall–Kier alpha value is -1.11. The molecule has 2 aliphatic rings. The first-order valence-electron chi connectivity index (χ1n) is 5.87. The lowest BCUT2D eigenvalue weighted by Crippen LogP contribution is -2.31. The highest BCUT2D eigenvalue weighted by molar-refractivity contribution is 5.49. The molecule has 1 saturated carbocycles. The second kappa shape index (κ2) is 2.94. The molecule has 0 amide bonds. The molecule has 1 fully saturated rings. The normalized spacial score (nSPS) is 31.3. The molecule has 3 atom stereocenters. The number of nitrogens with zero attached hydrogens (tertiary/aromatic N) is 1. The first-order chi connectivity index (χ1) is 7.16. The number of aromatic nitrogens is 1. The van der Waals surface area contributed by atoms with Crippen LogP contribution in [-0.2, 0) is 0 Å². The van der Waals surface area contributed by atoms with E-state index in [1.54, 1.807) is 0 Å². The molecule has 0 N–H and O–H groups in total. The van der Waals surface area contributed by atoms with Crippen LogP contribution < -0.4 is 10.6 Å². The Morgan fingerprint density at radius 2 is 1.87 bits per heavy atom. The van der Waals surface area contributed by atoms with Crippen molar-refractivity contribution in [3.63, 3.8) is 0 Å². The Bertz CT molecular complexity index is 513. The molecular weight excluding hydrogens is 182 g/mol. The summed E-state index contributed by atoms with van der Waals surface area (Å²) in [6, 6.07) is 4.40. The zero-order valence-corrected chi connectivity index (χ0v) is 9.57. The zero-order valence-electron chi connectivity index (χ0n) is 9.57. The van der Waals surface area contributed by atoms with Crippen LogP contribution in [0.5, 0.6) is 0 Å². The lowest BCUT2D eigenvalue weighted by Gasteiger charge is -2.05. The predicted octanol–water partition coefficient (Wildman–Crippen LogP) is 1.66. The van der Waals surface area contributed by atoms with Crippen molar-refractivity contribution < 1.29 is 0 Å². The monoisotopic (exact) mass is 199 g/mol. The molecule has 0 radical (unpaired) electrons. The van der Waals surface area contributed by atoms with Crippen molar-refractivity contribution in [2.45, 2.75) is 26.7 Å². The van der Waals surface area contributed by atoms with E-state index in [1.807, 2.05) is 0 Å². The first-order valence-corrected chi connectivity index (χ1v) is 5.87. The molecule has 3 rings (SSSR count). The molecule has 1 heterocycles. The minimum atomic E-state index is 0.526. The van der Waals surface area contributed by atoms with Gasteiger partial charge in [-0.25, -0.2) is 0 Å². The van der Waals surface area contributed by atoms with Gasteiger partial charge in [-0.05, 0) is 35.0 Å². The van der Waals surface area contributed by atoms with Crippen LogP contribution in [0.25, 0.3) is 12.2 Å². The van der Waals surface area contributed by atoms with Gasteiger partial charge >= 0.3 is 0 Å². The molecule has 0 spiro atoms. The first kappa shape index (κ1) is 9.14. The lowest BCUT2D eigenvalue weighted by atomic mass is 10.1. The van der Waals surface area contributed by atoms with Crippen molar-refractivity contribution >= 4 is 12.2 Å². The van der Waals surface area contributed by atoms with Crippen LogP contribution in [0.3, 0.4) is 0 Å². The molecule has 1 nitrogen and oxygen atoms in total. The van der Waals surface area contributed by atoms with Gasteiger partial charge in [0.15, 0.2) is 0 Å². The Morgan fingerprint density at radius 3 is 2.60 bits per heavy atom. The standard InChI is InChI=1S/C14H17N/c1-8(2)13-5-4-10-6-11-9(3)12(11)7-14(10)15-13/h4-9,11-12H,1-3H3. The van der Waals surface area contributed by atoms with Gasteiger partial charge in [0.25, 0.3) is 0 Å². The minimum absolute atomic E-state index is 0.526. The van der Waals surface area contributed by atoms with Crippen molar-refractivity contribution in [3.05, 3.63) is 28.4 Å². The third-order valence-electron chi connectivity index (χ3n) is 3.81. The summed E-state index contributed by atoms with van der Waals surface area (Å²) in [6.45, 7) is 6.73. The maximum Gasteiger partial charge on any atom is 0.0665 e. The van der Waals surface area contributed by atoms with E-state index in [0.717, 1.165) is 17.8 Å². The molecular formula is C14H17N. The second-order valence-electron chi connectivity index (χ2n) is 5.21. The molecule has 0 bridgehead atoms. The van der Waals surface area contributed by atoms with Crippen LogP contribution in [0.15, 0.2) is 12.1 Å². The summed E-state index contributed by atoms with van der Waals surface area (Å²) < 4.78 is 0. The van der Waals surface area contributed by atoms with Gasteiger partial charge in [0.1, 0.15) is 0 Å². The third-order valence-corrected chi connectivity index (χ3v) is 3.81. The molecule has 1 aromatic heterocycles. The highest BCUT2D eigenvalue weighted by Crippen LogP contribution is 2.48. The Labute approximate surface area is 90.5 Å².